The van der Waals surface area contributed by atoms with Gasteiger partial charge in [0.1, 0.15) is 0 Å². The van der Waals surface area contributed by atoms with E-state index in [0.29, 0.717) is 12.1 Å². The smallest absolute Gasteiger partial charge is 0.0195 e. The zero-order valence-electron chi connectivity index (χ0n) is 12.3. The van der Waals surface area contributed by atoms with E-state index in [1.165, 1.54) is 25.7 Å². The van der Waals surface area contributed by atoms with Crippen LogP contribution < -0.4 is 5.73 Å². The zero-order chi connectivity index (χ0) is 12.9. The lowest BCUT2D eigenvalue weighted by molar-refractivity contribution is -0.0860. The molecule has 2 N–H and O–H groups in total. The van der Waals surface area contributed by atoms with Crippen LogP contribution in [0.25, 0.3) is 0 Å². The molecule has 4 saturated carbocycles. The third-order valence-electron chi connectivity index (χ3n) is 5.97. The lowest BCUT2D eigenvalue weighted by atomic mass is 9.53. The van der Waals surface area contributed by atoms with E-state index in [0.717, 1.165) is 36.3 Å². The van der Waals surface area contributed by atoms with Crippen molar-refractivity contribution in [3.8, 4) is 0 Å². The normalized spacial score (nSPS) is 44.0. The van der Waals surface area contributed by atoms with E-state index in [1.54, 1.807) is 6.42 Å². The summed E-state index contributed by atoms with van der Waals surface area (Å²) in [6, 6.07) is 2.04. The Labute approximate surface area is 112 Å². The summed E-state index contributed by atoms with van der Waals surface area (Å²) in [6.07, 6.45) is 7.60. The molecule has 18 heavy (non-hydrogen) atoms. The second kappa shape index (κ2) is 4.79. The van der Waals surface area contributed by atoms with Gasteiger partial charge in [0.15, 0.2) is 0 Å². The molecule has 0 radical (unpaired) electrons. The van der Waals surface area contributed by atoms with Gasteiger partial charge in [-0.2, -0.15) is 0 Å². The predicted octanol–water partition coefficient (Wildman–Crippen LogP) is 2.87. The number of hydrogen-bond acceptors (Lipinski definition) is 2. The predicted molar refractivity (Wildman–Crippen MR) is 76.3 cm³/mol. The highest BCUT2D eigenvalue weighted by molar-refractivity contribution is 5.03. The van der Waals surface area contributed by atoms with Crippen molar-refractivity contribution in [3.63, 3.8) is 0 Å². The first-order valence-electron chi connectivity index (χ1n) is 8.07. The van der Waals surface area contributed by atoms with Crippen molar-refractivity contribution < 1.29 is 0 Å². The fraction of sp³-hybridized carbons (Fsp3) is 1.00. The maximum atomic E-state index is 5.96. The lowest BCUT2D eigenvalue weighted by Gasteiger charge is -2.59. The average molecular weight is 250 g/mol. The summed E-state index contributed by atoms with van der Waals surface area (Å²) in [6.45, 7) is 7.85. The number of nitrogens with zero attached hydrogens (tertiary/aromatic N) is 1. The molecule has 4 fully saturated rings. The Bertz CT molecular complexity index is 271. The van der Waals surface area contributed by atoms with E-state index >= 15 is 0 Å². The molecule has 0 spiro atoms. The van der Waals surface area contributed by atoms with E-state index in [9.17, 15) is 0 Å². The van der Waals surface area contributed by atoms with Gasteiger partial charge in [0.25, 0.3) is 0 Å². The van der Waals surface area contributed by atoms with E-state index in [-0.39, 0.29) is 0 Å². The summed E-state index contributed by atoms with van der Waals surface area (Å²) in [5, 5.41) is 0. The first-order chi connectivity index (χ1) is 8.60. The standard InChI is InChI=1S/C16H30N2/c1-10(2)18(11(3)9-17)16-14-5-12-4-13(7-14)8-15(16)6-12/h10-16H,4-9,17H2,1-3H3. The van der Waals surface area contributed by atoms with Crippen molar-refractivity contribution in [1.29, 1.82) is 0 Å². The van der Waals surface area contributed by atoms with Crippen LogP contribution in [-0.4, -0.2) is 29.6 Å². The van der Waals surface area contributed by atoms with Gasteiger partial charge >= 0.3 is 0 Å². The molecule has 4 rings (SSSR count). The largest absolute Gasteiger partial charge is 0.329 e. The van der Waals surface area contributed by atoms with E-state index < -0.39 is 0 Å². The quantitative estimate of drug-likeness (QED) is 0.831. The number of hydrogen-bond donors (Lipinski definition) is 1. The van der Waals surface area contributed by atoms with Crippen molar-refractivity contribution in [2.24, 2.45) is 29.4 Å². The van der Waals surface area contributed by atoms with Gasteiger partial charge in [-0.3, -0.25) is 4.90 Å². The van der Waals surface area contributed by atoms with E-state index in [2.05, 4.69) is 25.7 Å². The van der Waals surface area contributed by atoms with E-state index in [4.69, 9.17) is 5.73 Å². The van der Waals surface area contributed by atoms with Crippen LogP contribution in [0.3, 0.4) is 0 Å². The van der Waals surface area contributed by atoms with Crippen LogP contribution in [0.1, 0.15) is 52.9 Å². The van der Waals surface area contributed by atoms with Crippen molar-refractivity contribution in [3.05, 3.63) is 0 Å². The van der Waals surface area contributed by atoms with Crippen molar-refractivity contribution in [2.75, 3.05) is 6.54 Å². The van der Waals surface area contributed by atoms with Crippen LogP contribution in [0.2, 0.25) is 0 Å². The summed E-state index contributed by atoms with van der Waals surface area (Å²) in [4.78, 5) is 2.77. The molecule has 0 aromatic carbocycles. The highest BCUT2D eigenvalue weighted by Crippen LogP contribution is 2.55. The maximum Gasteiger partial charge on any atom is 0.0195 e. The minimum absolute atomic E-state index is 0.549. The molecule has 4 aliphatic carbocycles. The average Bonchev–Trinajstić information content (AvgIpc) is 2.31. The van der Waals surface area contributed by atoms with Gasteiger partial charge in [0.05, 0.1) is 0 Å². The van der Waals surface area contributed by atoms with Crippen LogP contribution in [-0.2, 0) is 0 Å². The van der Waals surface area contributed by atoms with Crippen LogP contribution >= 0.6 is 0 Å². The van der Waals surface area contributed by atoms with Gasteiger partial charge in [-0.05, 0) is 76.5 Å². The second-order valence-corrected chi connectivity index (χ2v) is 7.55. The SMILES string of the molecule is CC(C)N(C(C)CN)C1C2CC3CC(C2)CC1C3. The molecule has 4 aliphatic rings. The summed E-state index contributed by atoms with van der Waals surface area (Å²) in [5.74, 6) is 4.12. The fourth-order valence-corrected chi connectivity index (χ4v) is 5.65. The molecular formula is C16H30N2. The molecule has 0 aromatic rings. The Hall–Kier alpha value is -0.0800. The Morgan fingerprint density at radius 2 is 1.44 bits per heavy atom. The molecule has 4 bridgehead atoms. The monoisotopic (exact) mass is 250 g/mol. The second-order valence-electron chi connectivity index (χ2n) is 7.55. The van der Waals surface area contributed by atoms with Gasteiger partial charge in [-0.25, -0.2) is 0 Å². The molecule has 0 aliphatic heterocycles. The summed E-state index contributed by atoms with van der Waals surface area (Å²) < 4.78 is 0. The lowest BCUT2D eigenvalue weighted by Crippen LogP contribution is -2.60. The van der Waals surface area contributed by atoms with Gasteiger partial charge < -0.3 is 5.73 Å². The molecule has 0 aromatic heterocycles. The molecule has 104 valence electrons. The minimum Gasteiger partial charge on any atom is -0.329 e. The number of nitrogens with two attached hydrogens (primary N) is 1. The van der Waals surface area contributed by atoms with Crippen LogP contribution in [0.15, 0.2) is 0 Å². The van der Waals surface area contributed by atoms with Crippen molar-refractivity contribution in [1.82, 2.24) is 4.90 Å². The molecule has 1 atom stereocenters. The first kappa shape index (κ1) is 12.9. The van der Waals surface area contributed by atoms with Crippen molar-refractivity contribution in [2.45, 2.75) is 71.0 Å². The van der Waals surface area contributed by atoms with Crippen LogP contribution in [0.4, 0.5) is 0 Å². The third-order valence-corrected chi connectivity index (χ3v) is 5.97. The van der Waals surface area contributed by atoms with Crippen molar-refractivity contribution >= 4 is 0 Å². The Balaban J connectivity index is 1.82. The molecule has 2 heteroatoms. The van der Waals surface area contributed by atoms with Gasteiger partial charge in [0.2, 0.25) is 0 Å². The highest BCUT2D eigenvalue weighted by Gasteiger charge is 2.50. The van der Waals surface area contributed by atoms with Crippen LogP contribution in [0, 0.1) is 23.7 Å². The molecule has 2 nitrogen and oxygen atoms in total. The zero-order valence-corrected chi connectivity index (χ0v) is 12.3. The summed E-state index contributed by atoms with van der Waals surface area (Å²) >= 11 is 0. The third kappa shape index (κ3) is 2.02. The molecule has 0 heterocycles. The first-order valence-corrected chi connectivity index (χ1v) is 8.07. The maximum absolute atomic E-state index is 5.96. The topological polar surface area (TPSA) is 29.3 Å². The summed E-state index contributed by atoms with van der Waals surface area (Å²) in [7, 11) is 0. The van der Waals surface area contributed by atoms with Gasteiger partial charge in [-0.1, -0.05) is 0 Å². The Morgan fingerprint density at radius 1 is 0.944 bits per heavy atom. The highest BCUT2D eigenvalue weighted by atomic mass is 15.2. The molecule has 0 saturated heterocycles. The molecule has 1 unspecified atom stereocenters. The molecule has 0 amide bonds. The Morgan fingerprint density at radius 3 is 1.83 bits per heavy atom. The molecular weight excluding hydrogens is 220 g/mol. The van der Waals surface area contributed by atoms with Crippen LogP contribution in [0.5, 0.6) is 0 Å². The minimum atomic E-state index is 0.549. The van der Waals surface area contributed by atoms with E-state index in [1.807, 2.05) is 0 Å². The number of rotatable bonds is 4. The fourth-order valence-electron chi connectivity index (χ4n) is 5.65. The van der Waals surface area contributed by atoms with Gasteiger partial charge in [0, 0.05) is 24.7 Å². The summed E-state index contributed by atoms with van der Waals surface area (Å²) in [5.41, 5.74) is 5.96. The Kier molecular flexibility index (Phi) is 3.44. The van der Waals surface area contributed by atoms with Gasteiger partial charge in [-0.15, -0.1) is 0 Å².